The fourth-order valence-corrected chi connectivity index (χ4v) is 1.33. The monoisotopic (exact) mass is 229 g/mol. The largest absolute Gasteiger partial charge is 0.430 e. The number of anilines is 1. The summed E-state index contributed by atoms with van der Waals surface area (Å²) < 4.78 is 4.62. The van der Waals surface area contributed by atoms with E-state index in [1.807, 2.05) is 31.2 Å². The van der Waals surface area contributed by atoms with Crippen LogP contribution in [0.2, 0.25) is 0 Å². The van der Waals surface area contributed by atoms with Gasteiger partial charge < -0.3 is 9.73 Å². The zero-order chi connectivity index (χ0) is 12.3. The molecule has 17 heavy (non-hydrogen) atoms. The molecular weight excluding hydrogens is 218 g/mol. The van der Waals surface area contributed by atoms with E-state index in [1.165, 1.54) is 12.1 Å². The quantitative estimate of drug-likeness (QED) is 0.858. The van der Waals surface area contributed by atoms with E-state index >= 15 is 0 Å². The van der Waals surface area contributed by atoms with E-state index < -0.39 is 5.63 Å². The lowest BCUT2D eigenvalue weighted by Gasteiger charge is -2.04. The smallest absolute Gasteiger partial charge is 0.335 e. The van der Waals surface area contributed by atoms with Crippen molar-refractivity contribution in [3.05, 3.63) is 64.2 Å². The van der Waals surface area contributed by atoms with Crippen molar-refractivity contribution in [3.8, 4) is 0 Å². The molecule has 1 N–H and O–H groups in total. The number of carbonyl (C=O) groups is 1. The number of benzene rings is 1. The molecule has 0 saturated heterocycles. The summed E-state index contributed by atoms with van der Waals surface area (Å²) in [4.78, 5) is 22.5. The molecule has 0 aliphatic carbocycles. The van der Waals surface area contributed by atoms with E-state index in [0.717, 1.165) is 11.8 Å². The van der Waals surface area contributed by atoms with Crippen LogP contribution in [-0.4, -0.2) is 5.91 Å². The summed E-state index contributed by atoms with van der Waals surface area (Å²) in [5.41, 5.74) is 1.66. The lowest BCUT2D eigenvalue weighted by Crippen LogP contribution is -2.12. The highest BCUT2D eigenvalue weighted by Crippen LogP contribution is 2.10. The van der Waals surface area contributed by atoms with Gasteiger partial charge in [0, 0.05) is 11.8 Å². The first kappa shape index (κ1) is 11.1. The summed E-state index contributed by atoms with van der Waals surface area (Å²) in [5, 5.41) is 2.70. The van der Waals surface area contributed by atoms with E-state index in [-0.39, 0.29) is 5.91 Å². The van der Waals surface area contributed by atoms with Crippen LogP contribution >= 0.6 is 0 Å². The van der Waals surface area contributed by atoms with Crippen molar-refractivity contribution in [2.24, 2.45) is 0 Å². The highest BCUT2D eigenvalue weighted by molar-refractivity contribution is 6.03. The van der Waals surface area contributed by atoms with Crippen molar-refractivity contribution < 1.29 is 9.21 Å². The maximum absolute atomic E-state index is 11.7. The molecule has 2 aromatic rings. The highest BCUT2D eigenvalue weighted by atomic mass is 16.4. The van der Waals surface area contributed by atoms with Crippen molar-refractivity contribution in [1.29, 1.82) is 0 Å². The van der Waals surface area contributed by atoms with Gasteiger partial charge in [-0.25, -0.2) is 4.79 Å². The highest BCUT2D eigenvalue weighted by Gasteiger charge is 2.06. The SMILES string of the molecule is Cc1ccc(NC(=O)c2ccc(=O)oc2)cc1. The van der Waals surface area contributed by atoms with Gasteiger partial charge in [0.2, 0.25) is 0 Å². The van der Waals surface area contributed by atoms with Crippen LogP contribution in [0.3, 0.4) is 0 Å². The van der Waals surface area contributed by atoms with Crippen LogP contribution in [0.15, 0.2) is 51.9 Å². The fourth-order valence-electron chi connectivity index (χ4n) is 1.33. The molecule has 0 fully saturated rings. The molecule has 0 atom stereocenters. The first-order valence-electron chi connectivity index (χ1n) is 5.12. The van der Waals surface area contributed by atoms with Gasteiger partial charge >= 0.3 is 5.63 Å². The van der Waals surface area contributed by atoms with E-state index in [4.69, 9.17) is 0 Å². The second-order valence-electron chi connectivity index (χ2n) is 3.66. The molecule has 0 radical (unpaired) electrons. The number of hydrogen-bond acceptors (Lipinski definition) is 3. The Morgan fingerprint density at radius 3 is 2.41 bits per heavy atom. The molecule has 0 aliphatic rings. The van der Waals surface area contributed by atoms with Crippen molar-refractivity contribution in [1.82, 2.24) is 0 Å². The summed E-state index contributed by atoms with van der Waals surface area (Å²) in [6, 6.07) is 10.1. The van der Waals surface area contributed by atoms with Gasteiger partial charge in [-0.15, -0.1) is 0 Å². The third-order valence-electron chi connectivity index (χ3n) is 2.27. The molecule has 0 unspecified atom stereocenters. The van der Waals surface area contributed by atoms with Crippen LogP contribution in [0.25, 0.3) is 0 Å². The molecule has 0 saturated carbocycles. The number of nitrogens with one attached hydrogen (secondary N) is 1. The molecule has 1 aromatic carbocycles. The Labute approximate surface area is 97.9 Å². The Hall–Kier alpha value is -2.36. The number of aryl methyl sites for hydroxylation is 1. The Kier molecular flexibility index (Phi) is 3.05. The number of amides is 1. The third-order valence-corrected chi connectivity index (χ3v) is 2.27. The van der Waals surface area contributed by atoms with Gasteiger partial charge in [-0.1, -0.05) is 17.7 Å². The number of rotatable bonds is 2. The van der Waals surface area contributed by atoms with Gasteiger partial charge in [0.25, 0.3) is 5.91 Å². The summed E-state index contributed by atoms with van der Waals surface area (Å²) in [7, 11) is 0. The van der Waals surface area contributed by atoms with Crippen LogP contribution in [0.1, 0.15) is 15.9 Å². The molecule has 86 valence electrons. The molecule has 1 heterocycles. The van der Waals surface area contributed by atoms with Crippen molar-refractivity contribution in [2.45, 2.75) is 6.92 Å². The summed E-state index contributed by atoms with van der Waals surface area (Å²) >= 11 is 0. The van der Waals surface area contributed by atoms with E-state index in [9.17, 15) is 9.59 Å². The second kappa shape index (κ2) is 4.65. The first-order valence-corrected chi connectivity index (χ1v) is 5.12. The summed E-state index contributed by atoms with van der Waals surface area (Å²) in [6.45, 7) is 1.97. The maximum atomic E-state index is 11.7. The van der Waals surface area contributed by atoms with Gasteiger partial charge in [0.05, 0.1) is 5.56 Å². The molecule has 2 rings (SSSR count). The maximum Gasteiger partial charge on any atom is 0.335 e. The van der Waals surface area contributed by atoms with E-state index in [1.54, 1.807) is 0 Å². The Balaban J connectivity index is 2.14. The van der Waals surface area contributed by atoms with E-state index in [0.29, 0.717) is 11.3 Å². The van der Waals surface area contributed by atoms with Gasteiger partial charge in [-0.3, -0.25) is 4.79 Å². The molecule has 1 amide bonds. The van der Waals surface area contributed by atoms with Gasteiger partial charge in [0.15, 0.2) is 0 Å². The molecule has 4 nitrogen and oxygen atoms in total. The van der Waals surface area contributed by atoms with Crippen LogP contribution in [-0.2, 0) is 0 Å². The molecule has 0 aliphatic heterocycles. The summed E-state index contributed by atoms with van der Waals surface area (Å²) in [5.74, 6) is -0.308. The van der Waals surface area contributed by atoms with Gasteiger partial charge in [0.1, 0.15) is 6.26 Å². The van der Waals surface area contributed by atoms with Crippen LogP contribution in [0.5, 0.6) is 0 Å². The molecular formula is C13H11NO3. The summed E-state index contributed by atoms with van der Waals surface area (Å²) in [6.07, 6.45) is 1.14. The van der Waals surface area contributed by atoms with Gasteiger partial charge in [-0.2, -0.15) is 0 Å². The topological polar surface area (TPSA) is 59.3 Å². The van der Waals surface area contributed by atoms with Crippen LogP contribution < -0.4 is 10.9 Å². The molecule has 4 heteroatoms. The van der Waals surface area contributed by atoms with Gasteiger partial charge in [-0.05, 0) is 25.1 Å². The fraction of sp³-hybridized carbons (Fsp3) is 0.0769. The third kappa shape index (κ3) is 2.81. The second-order valence-corrected chi connectivity index (χ2v) is 3.66. The normalized spacial score (nSPS) is 9.94. The lowest BCUT2D eigenvalue weighted by atomic mass is 10.2. The van der Waals surface area contributed by atoms with Crippen molar-refractivity contribution in [2.75, 3.05) is 5.32 Å². The minimum atomic E-state index is -0.475. The Morgan fingerprint density at radius 1 is 1.12 bits per heavy atom. The number of hydrogen-bond donors (Lipinski definition) is 1. The zero-order valence-corrected chi connectivity index (χ0v) is 9.27. The van der Waals surface area contributed by atoms with Crippen LogP contribution in [0.4, 0.5) is 5.69 Å². The van der Waals surface area contributed by atoms with Crippen molar-refractivity contribution >= 4 is 11.6 Å². The lowest BCUT2D eigenvalue weighted by molar-refractivity contribution is 0.102. The Bertz CT molecular complexity index is 564. The van der Waals surface area contributed by atoms with Crippen molar-refractivity contribution in [3.63, 3.8) is 0 Å². The minimum absolute atomic E-state index is 0.308. The molecule has 0 bridgehead atoms. The van der Waals surface area contributed by atoms with Crippen LogP contribution in [0, 0.1) is 6.92 Å². The molecule has 1 aromatic heterocycles. The number of carbonyl (C=O) groups excluding carboxylic acids is 1. The average molecular weight is 229 g/mol. The predicted molar refractivity (Wildman–Crippen MR) is 64.1 cm³/mol. The van der Waals surface area contributed by atoms with E-state index in [2.05, 4.69) is 9.73 Å². The average Bonchev–Trinajstić information content (AvgIpc) is 2.33. The zero-order valence-electron chi connectivity index (χ0n) is 9.27. The standard InChI is InChI=1S/C13H11NO3/c1-9-2-5-11(6-3-9)14-13(16)10-4-7-12(15)17-8-10/h2-8H,1H3,(H,14,16). The Morgan fingerprint density at radius 2 is 1.82 bits per heavy atom. The first-order chi connectivity index (χ1) is 8.15. The molecule has 0 spiro atoms. The minimum Gasteiger partial charge on any atom is -0.430 e. The predicted octanol–water partition coefficient (Wildman–Crippen LogP) is 2.20.